The van der Waals surface area contributed by atoms with Gasteiger partial charge in [-0.15, -0.1) is 0 Å². The molecule has 0 aromatic heterocycles. The molecule has 1 rings (SSSR count). The van der Waals surface area contributed by atoms with E-state index >= 15 is 0 Å². The summed E-state index contributed by atoms with van der Waals surface area (Å²) in [6.07, 6.45) is 0. The number of hydrogen-bond donors (Lipinski definition) is 0. The summed E-state index contributed by atoms with van der Waals surface area (Å²) in [5.74, 6) is 0. The molecule has 5 heteroatoms. The Labute approximate surface area is 180 Å². The molecular formula is C21H40Cl2NPTi-2. The molecule has 154 valence electrons. The second kappa shape index (κ2) is 10.6. The Bertz CT molecular complexity index is 496. The van der Waals surface area contributed by atoms with Crippen molar-refractivity contribution in [2.24, 2.45) is 0 Å². The van der Waals surface area contributed by atoms with Gasteiger partial charge in [0, 0.05) is 0 Å². The molecule has 0 N–H and O–H groups in total. The predicted octanol–water partition coefficient (Wildman–Crippen LogP) is 9.23. The van der Waals surface area contributed by atoms with Crippen molar-refractivity contribution in [2.45, 2.75) is 104 Å². The van der Waals surface area contributed by atoms with Gasteiger partial charge in [0.15, 0.2) is 0 Å². The molecule has 0 heterocycles. The minimum absolute atomic E-state index is 0.0104. The Morgan fingerprint density at radius 2 is 0.923 bits per heavy atom. The first-order valence-electron chi connectivity index (χ1n) is 9.08. The van der Waals surface area contributed by atoms with Crippen LogP contribution in [0.25, 0.3) is 5.16 Å². The molecular weight excluding hydrogens is 416 g/mol. The van der Waals surface area contributed by atoms with Crippen molar-refractivity contribution in [3.8, 4) is 0 Å². The van der Waals surface area contributed by atoms with Gasteiger partial charge in [0.1, 0.15) is 0 Å². The average Bonchev–Trinajstić information content (AvgIpc) is 2.89. The van der Waals surface area contributed by atoms with Crippen molar-refractivity contribution in [2.75, 3.05) is 0 Å². The third-order valence-corrected chi connectivity index (χ3v) is 10.3. The van der Waals surface area contributed by atoms with Crippen molar-refractivity contribution in [1.29, 1.82) is 0 Å². The van der Waals surface area contributed by atoms with Gasteiger partial charge >= 0.3 is 35.6 Å². The Balaban J connectivity index is 0. The van der Waals surface area contributed by atoms with Crippen LogP contribution < -0.4 is 0 Å². The summed E-state index contributed by atoms with van der Waals surface area (Å²) < 4.78 is 0. The van der Waals surface area contributed by atoms with E-state index in [1.54, 1.807) is 0 Å². The zero-order valence-electron chi connectivity index (χ0n) is 19.0. The molecule has 0 unspecified atom stereocenters. The average molecular weight is 456 g/mol. The zero-order chi connectivity index (χ0) is 21.6. The van der Waals surface area contributed by atoms with Crippen LogP contribution in [0.4, 0.5) is 0 Å². The van der Waals surface area contributed by atoms with Crippen molar-refractivity contribution in [3.05, 3.63) is 35.0 Å². The molecule has 0 saturated carbocycles. The SMILES string of the molecule is CC(C)(C)P(=[N-])(C(C)(C)C)C(C)(C)C.CC(C)(C)[c-]1cccc1.[Cl][Ti][Cl]. The van der Waals surface area contributed by atoms with E-state index in [4.69, 9.17) is 18.6 Å². The van der Waals surface area contributed by atoms with E-state index in [0.29, 0.717) is 5.41 Å². The maximum absolute atomic E-state index is 11.1. The van der Waals surface area contributed by atoms with Gasteiger partial charge in [-0.05, 0) is 15.5 Å². The van der Waals surface area contributed by atoms with E-state index in [1.807, 2.05) is 0 Å². The number of halogens is 2. The Kier molecular flexibility index (Phi) is 11.8. The molecule has 0 atom stereocenters. The van der Waals surface area contributed by atoms with Gasteiger partial charge in [-0.3, -0.25) is 0 Å². The van der Waals surface area contributed by atoms with E-state index in [-0.39, 0.29) is 15.5 Å². The fourth-order valence-electron chi connectivity index (χ4n) is 3.89. The molecule has 0 aliphatic heterocycles. The van der Waals surface area contributed by atoms with Crippen LogP contribution >= 0.6 is 25.7 Å². The first-order valence-corrected chi connectivity index (χ1v) is 15.1. The normalized spacial score (nSPS) is 13.2. The van der Waals surface area contributed by atoms with E-state index < -0.39 is 24.1 Å². The van der Waals surface area contributed by atoms with Crippen LogP contribution in [0.15, 0.2) is 24.3 Å². The second-order valence-electron chi connectivity index (χ2n) is 10.6. The van der Waals surface area contributed by atoms with Crippen LogP contribution in [0, 0.1) is 0 Å². The molecule has 1 nitrogen and oxygen atoms in total. The predicted molar refractivity (Wildman–Crippen MR) is 122 cm³/mol. The molecule has 0 aliphatic rings. The molecule has 0 fully saturated rings. The Hall–Kier alpha value is 0.874. The minimum atomic E-state index is -2.02. The van der Waals surface area contributed by atoms with Crippen LogP contribution in [0.2, 0.25) is 0 Å². The topological polar surface area (TPSA) is 22.3 Å². The molecule has 26 heavy (non-hydrogen) atoms. The molecule has 1 aromatic rings. The summed E-state index contributed by atoms with van der Waals surface area (Å²) >= 11 is -0.556. The fraction of sp³-hybridized carbons (Fsp3) is 0.762. The van der Waals surface area contributed by atoms with Crippen molar-refractivity contribution in [1.82, 2.24) is 0 Å². The monoisotopic (exact) mass is 455 g/mol. The zero-order valence-corrected chi connectivity index (χ0v) is 22.9. The molecule has 0 radical (unpaired) electrons. The van der Waals surface area contributed by atoms with Crippen molar-refractivity contribution < 1.29 is 17.0 Å². The summed E-state index contributed by atoms with van der Waals surface area (Å²) in [5.41, 5.74) is 1.74. The van der Waals surface area contributed by atoms with Crippen LogP contribution in [0.1, 0.15) is 88.6 Å². The van der Waals surface area contributed by atoms with Gasteiger partial charge in [-0.1, -0.05) is 88.5 Å². The fourth-order valence-corrected chi connectivity index (χ4v) is 9.93. The summed E-state index contributed by atoms with van der Waals surface area (Å²) in [6.45, 7) is 26.1. The van der Waals surface area contributed by atoms with Crippen LogP contribution in [-0.2, 0) is 22.4 Å². The van der Waals surface area contributed by atoms with Gasteiger partial charge < -0.3 is 5.16 Å². The van der Waals surface area contributed by atoms with E-state index in [0.717, 1.165) is 0 Å². The number of nitrogens with zero attached hydrogens (tertiary/aromatic N) is 1. The molecule has 1 aromatic carbocycles. The van der Waals surface area contributed by atoms with E-state index in [2.05, 4.69) is 107 Å². The van der Waals surface area contributed by atoms with Gasteiger partial charge in [0.25, 0.3) is 0 Å². The third-order valence-electron chi connectivity index (χ3n) is 4.44. The summed E-state index contributed by atoms with van der Waals surface area (Å²) in [7, 11) is 7.76. The molecule has 0 aliphatic carbocycles. The summed E-state index contributed by atoms with van der Waals surface area (Å²) in [5, 5.41) is 11.1. The molecule has 0 amide bonds. The molecule has 0 saturated heterocycles. The first-order chi connectivity index (χ1) is 11.3. The van der Waals surface area contributed by atoms with Crippen LogP contribution in [0.5, 0.6) is 0 Å². The molecule has 0 bridgehead atoms. The third kappa shape index (κ3) is 8.49. The Morgan fingerprint density at radius 3 is 1.00 bits per heavy atom. The van der Waals surface area contributed by atoms with Gasteiger partial charge in [-0.2, -0.15) is 17.7 Å². The maximum atomic E-state index is 11.1. The van der Waals surface area contributed by atoms with Gasteiger partial charge in [-0.25, -0.2) is 19.2 Å². The quantitative estimate of drug-likeness (QED) is 0.211. The van der Waals surface area contributed by atoms with E-state index in [1.165, 1.54) is 5.56 Å². The first kappa shape index (κ1) is 29.1. The van der Waals surface area contributed by atoms with Crippen molar-refractivity contribution >= 4 is 25.7 Å². The van der Waals surface area contributed by atoms with E-state index in [9.17, 15) is 5.16 Å². The number of hydrogen-bond acceptors (Lipinski definition) is 0. The summed E-state index contributed by atoms with van der Waals surface area (Å²) in [4.78, 5) is 0. The van der Waals surface area contributed by atoms with Crippen LogP contribution in [-0.4, -0.2) is 15.5 Å². The number of rotatable bonds is 0. The van der Waals surface area contributed by atoms with Gasteiger partial charge in [0.05, 0.1) is 0 Å². The Morgan fingerprint density at radius 1 is 0.692 bits per heavy atom. The van der Waals surface area contributed by atoms with Crippen LogP contribution in [0.3, 0.4) is 0 Å². The molecule has 0 spiro atoms. The van der Waals surface area contributed by atoms with Gasteiger partial charge in [0.2, 0.25) is 0 Å². The van der Waals surface area contributed by atoms with Crippen molar-refractivity contribution in [3.63, 3.8) is 0 Å². The standard InChI is InChI=1S/C12H27NP.C9H13.2ClH.Ti/c1-10(2,3)14(13,11(4,5)6)12(7,8)9;1-9(2,3)8-6-4-5-7-8;;;/h1-9H3;4-7H,1-3H3;2*1H;/q2*-1;;;+2/p-2. The summed E-state index contributed by atoms with van der Waals surface area (Å²) in [6, 6.07) is 8.50. The second-order valence-corrected chi connectivity index (χ2v) is 18.5.